The van der Waals surface area contributed by atoms with Crippen molar-refractivity contribution in [3.63, 3.8) is 0 Å². The van der Waals surface area contributed by atoms with Crippen LogP contribution in [0, 0.1) is 19.7 Å². The van der Waals surface area contributed by atoms with E-state index in [1.807, 2.05) is 6.92 Å². The molecule has 78 valence electrons. The summed E-state index contributed by atoms with van der Waals surface area (Å²) in [4.78, 5) is 0. The van der Waals surface area contributed by atoms with Crippen LogP contribution in [0.5, 0.6) is 0 Å². The number of rotatable bonds is 3. The molecule has 14 heavy (non-hydrogen) atoms. The number of aliphatic hydroxyl groups is 1. The van der Waals surface area contributed by atoms with Crippen LogP contribution in [0.25, 0.3) is 0 Å². The van der Waals surface area contributed by atoms with Crippen LogP contribution in [0.3, 0.4) is 0 Å². The Balaban J connectivity index is 3.02. The van der Waals surface area contributed by atoms with Crippen LogP contribution in [-0.4, -0.2) is 11.7 Å². The fourth-order valence-electron chi connectivity index (χ4n) is 1.54. The third kappa shape index (κ3) is 2.30. The Kier molecular flexibility index (Phi) is 3.61. The average molecular weight is 197 g/mol. The topological polar surface area (TPSA) is 46.2 Å². The molecule has 0 radical (unpaired) electrons. The molecule has 0 amide bonds. The van der Waals surface area contributed by atoms with Gasteiger partial charge < -0.3 is 10.8 Å². The Labute approximate surface area is 83.6 Å². The van der Waals surface area contributed by atoms with E-state index in [0.717, 1.165) is 11.1 Å². The van der Waals surface area contributed by atoms with E-state index in [1.54, 1.807) is 13.0 Å². The molecule has 1 atom stereocenters. The van der Waals surface area contributed by atoms with E-state index in [2.05, 4.69) is 0 Å². The van der Waals surface area contributed by atoms with Gasteiger partial charge in [-0.15, -0.1) is 0 Å². The second kappa shape index (κ2) is 4.53. The number of aliphatic hydroxyl groups excluding tert-OH is 1. The minimum atomic E-state index is -0.282. The third-order valence-corrected chi connectivity index (χ3v) is 2.39. The van der Waals surface area contributed by atoms with Gasteiger partial charge in [0, 0.05) is 12.6 Å². The molecule has 3 N–H and O–H groups in total. The number of aryl methyl sites for hydroxylation is 2. The van der Waals surface area contributed by atoms with Gasteiger partial charge >= 0.3 is 0 Å². The van der Waals surface area contributed by atoms with E-state index < -0.39 is 0 Å². The molecule has 1 rings (SSSR count). The average Bonchev–Trinajstić information content (AvgIpc) is 2.11. The van der Waals surface area contributed by atoms with Gasteiger partial charge in [0.2, 0.25) is 0 Å². The number of halogens is 1. The van der Waals surface area contributed by atoms with Gasteiger partial charge in [0.15, 0.2) is 0 Å². The molecule has 0 bridgehead atoms. The molecular formula is C11H16FNO. The first-order chi connectivity index (χ1) is 6.56. The lowest BCUT2D eigenvalue weighted by atomic mass is 9.97. The quantitative estimate of drug-likeness (QED) is 0.776. The maximum atomic E-state index is 13.2. The second-order valence-electron chi connectivity index (χ2n) is 3.58. The van der Waals surface area contributed by atoms with E-state index in [4.69, 9.17) is 10.8 Å². The van der Waals surface area contributed by atoms with Gasteiger partial charge in [0.25, 0.3) is 0 Å². The van der Waals surface area contributed by atoms with Crippen LogP contribution in [0.15, 0.2) is 12.1 Å². The van der Waals surface area contributed by atoms with Gasteiger partial charge in [-0.1, -0.05) is 6.07 Å². The molecule has 0 aliphatic carbocycles. The van der Waals surface area contributed by atoms with E-state index in [9.17, 15) is 4.39 Å². The Morgan fingerprint density at radius 3 is 2.57 bits per heavy atom. The fraction of sp³-hybridized carbons (Fsp3) is 0.455. The van der Waals surface area contributed by atoms with Gasteiger partial charge in [-0.2, -0.15) is 0 Å². The minimum absolute atomic E-state index is 0.0239. The molecule has 3 heteroatoms. The van der Waals surface area contributed by atoms with Crippen molar-refractivity contribution in [1.29, 1.82) is 0 Å². The van der Waals surface area contributed by atoms with Crippen LogP contribution in [-0.2, 0) is 0 Å². The first-order valence-corrected chi connectivity index (χ1v) is 4.69. The van der Waals surface area contributed by atoms with E-state index in [-0.39, 0.29) is 18.5 Å². The lowest BCUT2D eigenvalue weighted by Gasteiger charge is -2.14. The lowest BCUT2D eigenvalue weighted by Crippen LogP contribution is -2.13. The van der Waals surface area contributed by atoms with Crippen molar-refractivity contribution in [3.05, 3.63) is 34.6 Å². The summed E-state index contributed by atoms with van der Waals surface area (Å²) >= 11 is 0. The maximum absolute atomic E-state index is 13.2. The fourth-order valence-corrected chi connectivity index (χ4v) is 1.54. The van der Waals surface area contributed by atoms with Crippen molar-refractivity contribution in [2.45, 2.75) is 26.3 Å². The minimum Gasteiger partial charge on any atom is -0.396 e. The Morgan fingerprint density at radius 1 is 1.36 bits per heavy atom. The summed E-state index contributed by atoms with van der Waals surface area (Å²) in [6.45, 7) is 3.65. The number of nitrogens with two attached hydrogens (primary N) is 1. The predicted molar refractivity (Wildman–Crippen MR) is 54.5 cm³/mol. The van der Waals surface area contributed by atoms with Crippen LogP contribution in [0.4, 0.5) is 4.39 Å². The maximum Gasteiger partial charge on any atom is 0.126 e. The highest BCUT2D eigenvalue weighted by atomic mass is 19.1. The monoisotopic (exact) mass is 197 g/mol. The molecule has 2 nitrogen and oxygen atoms in total. The Bertz CT molecular complexity index is 325. The molecule has 0 spiro atoms. The zero-order valence-electron chi connectivity index (χ0n) is 8.55. The Morgan fingerprint density at radius 2 is 2.00 bits per heavy atom. The molecule has 0 aromatic heterocycles. The summed E-state index contributed by atoms with van der Waals surface area (Å²) in [5.74, 6) is -0.237. The predicted octanol–water partition coefficient (Wildman–Crippen LogP) is 1.82. The standard InChI is InChI=1S/C11H16FNO/c1-7-5-8(2)10(12)6-9(7)11(13)3-4-14/h5-6,11,14H,3-4,13H2,1-2H3. The largest absolute Gasteiger partial charge is 0.396 e. The molecule has 1 aromatic carbocycles. The van der Waals surface area contributed by atoms with Gasteiger partial charge in [0.1, 0.15) is 5.82 Å². The van der Waals surface area contributed by atoms with Crippen molar-refractivity contribution < 1.29 is 9.50 Å². The summed E-state index contributed by atoms with van der Waals surface area (Å²) in [6.07, 6.45) is 0.462. The Hall–Kier alpha value is -0.930. The molecule has 0 saturated heterocycles. The number of hydrogen-bond donors (Lipinski definition) is 2. The number of hydrogen-bond acceptors (Lipinski definition) is 2. The molecule has 0 saturated carbocycles. The summed E-state index contributed by atoms with van der Waals surface area (Å²) in [5.41, 5.74) is 8.18. The van der Waals surface area contributed by atoms with Crippen molar-refractivity contribution in [3.8, 4) is 0 Å². The lowest BCUT2D eigenvalue weighted by molar-refractivity contribution is 0.276. The van der Waals surface area contributed by atoms with E-state index >= 15 is 0 Å². The molecule has 0 fully saturated rings. The molecular weight excluding hydrogens is 181 g/mol. The van der Waals surface area contributed by atoms with Crippen molar-refractivity contribution in [2.24, 2.45) is 5.73 Å². The van der Waals surface area contributed by atoms with Crippen molar-refractivity contribution in [2.75, 3.05) is 6.61 Å². The van der Waals surface area contributed by atoms with E-state index in [1.165, 1.54) is 6.07 Å². The van der Waals surface area contributed by atoms with Crippen molar-refractivity contribution in [1.82, 2.24) is 0 Å². The summed E-state index contributed by atoms with van der Waals surface area (Å²) in [7, 11) is 0. The third-order valence-electron chi connectivity index (χ3n) is 2.39. The van der Waals surface area contributed by atoms with E-state index in [0.29, 0.717) is 12.0 Å². The van der Waals surface area contributed by atoms with Gasteiger partial charge in [-0.3, -0.25) is 0 Å². The van der Waals surface area contributed by atoms with Crippen LogP contribution in [0.2, 0.25) is 0 Å². The van der Waals surface area contributed by atoms with Gasteiger partial charge in [0.05, 0.1) is 0 Å². The SMILES string of the molecule is Cc1cc(C)c(C(N)CCO)cc1F. The summed E-state index contributed by atoms with van der Waals surface area (Å²) in [6, 6.07) is 2.96. The summed E-state index contributed by atoms with van der Waals surface area (Å²) in [5, 5.41) is 8.74. The molecule has 0 heterocycles. The normalized spacial score (nSPS) is 12.9. The molecule has 1 unspecified atom stereocenters. The molecule has 0 aliphatic heterocycles. The van der Waals surface area contributed by atoms with Crippen molar-refractivity contribution >= 4 is 0 Å². The smallest absolute Gasteiger partial charge is 0.126 e. The molecule has 1 aromatic rings. The van der Waals surface area contributed by atoms with Crippen LogP contribution < -0.4 is 5.73 Å². The second-order valence-corrected chi connectivity index (χ2v) is 3.58. The summed E-state index contributed by atoms with van der Waals surface area (Å²) < 4.78 is 13.2. The highest BCUT2D eigenvalue weighted by molar-refractivity contribution is 5.33. The van der Waals surface area contributed by atoms with Gasteiger partial charge in [-0.05, 0) is 43.0 Å². The van der Waals surface area contributed by atoms with Crippen LogP contribution in [0.1, 0.15) is 29.2 Å². The van der Waals surface area contributed by atoms with Gasteiger partial charge in [-0.25, -0.2) is 4.39 Å². The highest BCUT2D eigenvalue weighted by Crippen LogP contribution is 2.21. The number of benzene rings is 1. The molecule has 0 aliphatic rings. The first-order valence-electron chi connectivity index (χ1n) is 4.69. The van der Waals surface area contributed by atoms with Crippen LogP contribution >= 0.6 is 0 Å². The highest BCUT2D eigenvalue weighted by Gasteiger charge is 2.10. The zero-order valence-corrected chi connectivity index (χ0v) is 8.55. The first kappa shape index (κ1) is 11.1. The zero-order chi connectivity index (χ0) is 10.7.